The molecule has 0 spiro atoms. The number of hydrogen-bond acceptors (Lipinski definition) is 18. The van der Waals surface area contributed by atoms with E-state index in [-0.39, 0.29) is 29.0 Å². The van der Waals surface area contributed by atoms with E-state index in [2.05, 4.69) is 65.1 Å². The summed E-state index contributed by atoms with van der Waals surface area (Å²) in [5, 5.41) is 43.0. The Hall–Kier alpha value is -8.41. The zero-order valence-electron chi connectivity index (χ0n) is 41.2. The molecule has 0 saturated carbocycles. The molecule has 0 aliphatic carbocycles. The number of hydrogen-bond donors (Lipinski definition) is 3. The van der Waals surface area contributed by atoms with Crippen LogP contribution in [0.3, 0.4) is 0 Å². The van der Waals surface area contributed by atoms with Crippen molar-refractivity contribution in [1.29, 1.82) is 0 Å². The van der Waals surface area contributed by atoms with E-state index >= 15 is 0 Å². The van der Waals surface area contributed by atoms with Gasteiger partial charge in [0.25, 0.3) is 5.69 Å². The van der Waals surface area contributed by atoms with Gasteiger partial charge in [-0.3, -0.25) is 29.6 Å². The van der Waals surface area contributed by atoms with Gasteiger partial charge in [-0.15, -0.1) is 0 Å². The molecule has 4 heterocycles. The number of nitrogens with zero attached hydrogens (tertiary/aromatic N) is 13. The van der Waals surface area contributed by atoms with Crippen LogP contribution in [0.4, 0.5) is 44.7 Å². The Morgan fingerprint density at radius 3 is 1.55 bits per heavy atom. The predicted molar refractivity (Wildman–Crippen MR) is 274 cm³/mol. The quantitative estimate of drug-likeness (QED) is 0.0600. The highest BCUT2D eigenvalue weighted by Gasteiger charge is 2.24. The van der Waals surface area contributed by atoms with Crippen molar-refractivity contribution in [2.45, 2.75) is 0 Å². The first kappa shape index (κ1) is 52.0. The zero-order chi connectivity index (χ0) is 51.4. The topological polar surface area (TPSA) is 238 Å². The maximum Gasteiger partial charge on any atom is 0.307 e. The number of anilines is 5. The van der Waals surface area contributed by atoms with Crippen LogP contribution < -0.4 is 30.3 Å². The van der Waals surface area contributed by atoms with Gasteiger partial charge >= 0.3 is 5.69 Å². The van der Waals surface area contributed by atoms with E-state index in [9.17, 15) is 24.6 Å². The Labute approximate surface area is 409 Å². The minimum Gasteiger partial charge on any atom is -0.494 e. The average molecular weight is 973 g/mol. The first-order chi connectivity index (χ1) is 34.0. The molecule has 8 rings (SSSR count). The summed E-state index contributed by atoms with van der Waals surface area (Å²) in [6.07, 6.45) is 3.16. The Morgan fingerprint density at radius 2 is 1.11 bits per heavy atom. The van der Waals surface area contributed by atoms with Crippen LogP contribution >= 0.6 is 0 Å². The summed E-state index contributed by atoms with van der Waals surface area (Å²) in [4.78, 5) is 45.3. The Kier molecular flexibility index (Phi) is 17.4. The number of rotatable bonds is 17. The summed E-state index contributed by atoms with van der Waals surface area (Å²) < 4.78 is 28.1. The predicted octanol–water partition coefficient (Wildman–Crippen LogP) is 7.29. The van der Waals surface area contributed by atoms with Crippen LogP contribution in [0.5, 0.6) is 11.5 Å². The van der Waals surface area contributed by atoms with Crippen LogP contribution in [0.15, 0.2) is 97.3 Å². The summed E-state index contributed by atoms with van der Waals surface area (Å²) in [5.41, 5.74) is 4.84. The lowest BCUT2D eigenvalue weighted by molar-refractivity contribution is -0.387. The minimum atomic E-state index is -0.993. The van der Waals surface area contributed by atoms with Crippen LogP contribution in [0, 0.1) is 26.0 Å². The number of nitro groups is 2. The van der Waals surface area contributed by atoms with Crippen LogP contribution in [0.1, 0.15) is 0 Å². The van der Waals surface area contributed by atoms with Crippen LogP contribution in [0.25, 0.3) is 44.6 Å². The second kappa shape index (κ2) is 23.7. The minimum absolute atomic E-state index is 0.0403. The highest BCUT2D eigenvalue weighted by molar-refractivity contribution is 5.93. The van der Waals surface area contributed by atoms with Gasteiger partial charge in [0.15, 0.2) is 0 Å². The zero-order valence-corrected chi connectivity index (χ0v) is 41.2. The number of halogens is 1. The maximum atomic E-state index is 13.9. The van der Waals surface area contributed by atoms with Gasteiger partial charge in [0.1, 0.15) is 28.6 Å². The summed E-state index contributed by atoms with van der Waals surface area (Å²) in [6.45, 7) is 3.56. The van der Waals surface area contributed by atoms with E-state index in [1.165, 1.54) is 20.3 Å². The lowest BCUT2D eigenvalue weighted by Gasteiger charge is -2.22. The van der Waals surface area contributed by atoms with Gasteiger partial charge in [0.05, 0.1) is 57.9 Å². The van der Waals surface area contributed by atoms with E-state index in [0.29, 0.717) is 40.8 Å². The summed E-state index contributed by atoms with van der Waals surface area (Å²) in [7, 11) is 18.4. The van der Waals surface area contributed by atoms with E-state index in [4.69, 9.17) is 9.47 Å². The first-order valence-corrected chi connectivity index (χ1v) is 22.1. The molecule has 4 aromatic carbocycles. The molecule has 0 atom stereocenters. The number of aryl methyl sites for hydroxylation is 2. The molecular weight excluding hydrogens is 916 g/mol. The second-order valence-electron chi connectivity index (χ2n) is 16.5. The smallest absolute Gasteiger partial charge is 0.307 e. The van der Waals surface area contributed by atoms with E-state index in [0.717, 1.165) is 59.3 Å². The van der Waals surface area contributed by atoms with E-state index in [1.807, 2.05) is 101 Å². The molecule has 22 nitrogen and oxygen atoms in total. The monoisotopic (exact) mass is 972 g/mol. The standard InChI is InChI=1S/C24H28N8O3.C19H15FN6O3.C5H14N2/c1-29(2)12-13-30(3)20-15-22(35-5)18(14-21(20)32(33)34)27-24-25-11-10-17(26-24)23-16-8-6-7-9-19(16)31(4)28-23;1-25-15-6-4-3-5-11(15)18(24-25)13-7-8-21-19(22-13)23-14-10-16(26(27)28)12(20)9-17(14)29-2;1-6-4-5-7(2)3/h6-11,14-15H,12-13H2,1-5H3,(H,25,26,27);3-10H,1-2H3,(H,21,22,23);6H,4-5H2,1-3H3. The average Bonchev–Trinajstić information content (AvgIpc) is 3.89. The van der Waals surface area contributed by atoms with Gasteiger partial charge < -0.3 is 40.1 Å². The van der Waals surface area contributed by atoms with E-state index in [1.54, 1.807) is 40.0 Å². The van der Waals surface area contributed by atoms with Gasteiger partial charge in [-0.2, -0.15) is 14.6 Å². The third kappa shape index (κ3) is 12.8. The molecule has 3 N–H and O–H groups in total. The molecular formula is C48H57FN16O6. The largest absolute Gasteiger partial charge is 0.494 e. The number of ether oxygens (including phenoxy) is 2. The molecule has 0 bridgehead atoms. The van der Waals surface area contributed by atoms with Gasteiger partial charge in [0.2, 0.25) is 17.7 Å². The highest BCUT2D eigenvalue weighted by atomic mass is 19.1. The molecule has 0 amide bonds. The lowest BCUT2D eigenvalue weighted by Crippen LogP contribution is -2.28. The number of methoxy groups -OCH3 is 2. The van der Waals surface area contributed by atoms with Crippen molar-refractivity contribution in [1.82, 2.24) is 54.6 Å². The number of nitrogens with one attached hydrogen (secondary N) is 3. The first-order valence-electron chi connectivity index (χ1n) is 22.1. The molecule has 0 aliphatic rings. The van der Waals surface area contributed by atoms with E-state index < -0.39 is 21.4 Å². The van der Waals surface area contributed by atoms with Crippen molar-refractivity contribution in [2.75, 3.05) is 98.2 Å². The number of para-hydroxylation sites is 2. The van der Waals surface area contributed by atoms with Crippen LogP contribution in [-0.2, 0) is 14.1 Å². The third-order valence-electron chi connectivity index (χ3n) is 10.9. The summed E-state index contributed by atoms with van der Waals surface area (Å²) >= 11 is 0. The second-order valence-corrected chi connectivity index (χ2v) is 16.5. The highest BCUT2D eigenvalue weighted by Crippen LogP contribution is 2.39. The molecule has 0 aliphatic heterocycles. The van der Waals surface area contributed by atoms with Gasteiger partial charge in [-0.05, 0) is 59.5 Å². The molecule has 8 aromatic rings. The Bertz CT molecular complexity index is 3130. The normalized spacial score (nSPS) is 10.9. The van der Waals surface area contributed by atoms with Gasteiger partial charge in [-0.1, -0.05) is 36.4 Å². The third-order valence-corrected chi connectivity index (χ3v) is 10.9. The van der Waals surface area contributed by atoms with Crippen LogP contribution in [-0.4, -0.2) is 142 Å². The Morgan fingerprint density at radius 1 is 0.648 bits per heavy atom. The molecule has 71 heavy (non-hydrogen) atoms. The fourth-order valence-corrected chi connectivity index (χ4v) is 7.18. The molecule has 0 radical (unpaired) electrons. The van der Waals surface area contributed by atoms with Crippen molar-refractivity contribution in [2.24, 2.45) is 14.1 Å². The van der Waals surface area contributed by atoms with Gasteiger partial charge in [-0.25, -0.2) is 19.9 Å². The molecule has 0 saturated heterocycles. The van der Waals surface area contributed by atoms with Gasteiger partial charge in [0, 0.05) is 94.8 Å². The van der Waals surface area contributed by atoms with Crippen molar-refractivity contribution >= 4 is 62.1 Å². The number of benzene rings is 4. The fourth-order valence-electron chi connectivity index (χ4n) is 7.18. The Balaban J connectivity index is 0.000000208. The van der Waals surface area contributed by atoms with Crippen LogP contribution in [0.2, 0.25) is 0 Å². The molecule has 372 valence electrons. The van der Waals surface area contributed by atoms with Crippen molar-refractivity contribution in [3.05, 3.63) is 123 Å². The SMILES string of the molecule is CNCCN(C)C.COc1cc(F)c([N+](=O)[O-])cc1Nc1nccc(-c2nn(C)c3ccccc23)n1.COc1cc(N(C)CCN(C)C)c([N+](=O)[O-])cc1Nc1nccc(-c2nn(C)c3ccccc23)n1. The fraction of sp³-hybridized carbons (Fsp3) is 0.292. The maximum absolute atomic E-state index is 13.9. The molecule has 0 fully saturated rings. The molecule has 23 heteroatoms. The number of nitro benzene ring substituents is 2. The number of likely N-dealkylation sites (N-methyl/N-ethyl adjacent to an activating group) is 4. The summed E-state index contributed by atoms with van der Waals surface area (Å²) in [6, 6.07) is 24.2. The number of aromatic nitrogens is 8. The number of fused-ring (bicyclic) bond motifs is 2. The van der Waals surface area contributed by atoms with Crippen molar-refractivity contribution in [3.63, 3.8) is 0 Å². The molecule has 4 aromatic heterocycles. The summed E-state index contributed by atoms with van der Waals surface area (Å²) in [5.74, 6) is -0.0213. The lowest BCUT2D eigenvalue weighted by atomic mass is 10.1. The van der Waals surface area contributed by atoms with Crippen molar-refractivity contribution in [3.8, 4) is 34.3 Å². The molecule has 0 unspecified atom stereocenters. The van der Waals surface area contributed by atoms with Crippen molar-refractivity contribution < 1.29 is 23.7 Å².